The Morgan fingerprint density at radius 2 is 1.78 bits per heavy atom. The van der Waals surface area contributed by atoms with Gasteiger partial charge >= 0.3 is 0 Å². The second-order valence-electron chi connectivity index (χ2n) is 6.83. The van der Waals surface area contributed by atoms with Gasteiger partial charge in [0.15, 0.2) is 11.5 Å². The maximum Gasteiger partial charge on any atom is 0.269 e. The first kappa shape index (κ1) is 21.4. The zero-order chi connectivity index (χ0) is 22.7. The van der Waals surface area contributed by atoms with E-state index in [4.69, 9.17) is 14.2 Å². The number of sulfonamides is 1. The molecule has 0 spiro atoms. The molecule has 1 atom stereocenters. The van der Waals surface area contributed by atoms with Crippen molar-refractivity contribution in [3.05, 3.63) is 72.5 Å². The molecular weight excluding hydrogens is 439 g/mol. The van der Waals surface area contributed by atoms with Crippen LogP contribution in [-0.4, -0.2) is 34.1 Å². The largest absolute Gasteiger partial charge is 0.495 e. The van der Waals surface area contributed by atoms with Crippen molar-refractivity contribution in [3.63, 3.8) is 0 Å². The van der Waals surface area contributed by atoms with Gasteiger partial charge in [-0.25, -0.2) is 12.8 Å². The van der Waals surface area contributed by atoms with Crippen LogP contribution >= 0.6 is 0 Å². The third kappa shape index (κ3) is 4.59. The highest BCUT2D eigenvalue weighted by molar-refractivity contribution is 7.92. The van der Waals surface area contributed by atoms with E-state index in [0.717, 1.165) is 24.3 Å². The van der Waals surface area contributed by atoms with Crippen LogP contribution in [0.4, 0.5) is 15.8 Å². The zero-order valence-electron chi connectivity index (χ0n) is 16.9. The number of halogens is 1. The fourth-order valence-corrected chi connectivity index (χ4v) is 4.12. The number of fused-ring (bicyclic) bond motifs is 1. The van der Waals surface area contributed by atoms with Gasteiger partial charge in [-0.2, -0.15) is 0 Å². The van der Waals surface area contributed by atoms with E-state index in [2.05, 4.69) is 10.0 Å². The lowest BCUT2D eigenvalue weighted by molar-refractivity contribution is -0.125. The number of methoxy groups -OCH3 is 1. The van der Waals surface area contributed by atoms with Gasteiger partial charge in [0.1, 0.15) is 18.2 Å². The molecule has 1 unspecified atom stereocenters. The number of para-hydroxylation sites is 2. The first-order valence-electron chi connectivity index (χ1n) is 9.51. The SMILES string of the molecule is COc1ccc(NC(=O)C2COc3ccccc3O2)cc1NS(=O)(=O)c1ccc(F)cc1. The zero-order valence-corrected chi connectivity index (χ0v) is 17.7. The number of ether oxygens (including phenoxy) is 3. The molecule has 166 valence electrons. The van der Waals surface area contributed by atoms with Crippen molar-refractivity contribution in [2.45, 2.75) is 11.0 Å². The van der Waals surface area contributed by atoms with Gasteiger partial charge in [0, 0.05) is 5.69 Å². The van der Waals surface area contributed by atoms with Crippen LogP contribution in [0.15, 0.2) is 71.6 Å². The third-order valence-corrected chi connectivity index (χ3v) is 6.02. The van der Waals surface area contributed by atoms with Gasteiger partial charge in [0.2, 0.25) is 6.10 Å². The maximum absolute atomic E-state index is 13.1. The lowest BCUT2D eigenvalue weighted by Gasteiger charge is -2.25. The van der Waals surface area contributed by atoms with E-state index < -0.39 is 27.9 Å². The van der Waals surface area contributed by atoms with Gasteiger partial charge < -0.3 is 19.5 Å². The highest BCUT2D eigenvalue weighted by Crippen LogP contribution is 2.32. The molecule has 2 N–H and O–H groups in total. The van der Waals surface area contributed by atoms with Gasteiger partial charge in [0.05, 0.1) is 17.7 Å². The highest BCUT2D eigenvalue weighted by Gasteiger charge is 2.27. The maximum atomic E-state index is 13.1. The van der Waals surface area contributed by atoms with Gasteiger partial charge in [-0.3, -0.25) is 9.52 Å². The molecule has 8 nitrogen and oxygen atoms in total. The number of hydrogen-bond acceptors (Lipinski definition) is 6. The lowest BCUT2D eigenvalue weighted by Crippen LogP contribution is -2.40. The molecule has 0 aliphatic carbocycles. The van der Waals surface area contributed by atoms with Crippen molar-refractivity contribution in [2.75, 3.05) is 23.8 Å². The number of carbonyl (C=O) groups excluding carboxylic acids is 1. The van der Waals surface area contributed by atoms with Crippen LogP contribution < -0.4 is 24.2 Å². The van der Waals surface area contributed by atoms with Crippen molar-refractivity contribution >= 4 is 27.3 Å². The monoisotopic (exact) mass is 458 g/mol. The number of anilines is 2. The Kier molecular flexibility index (Phi) is 5.87. The van der Waals surface area contributed by atoms with E-state index in [0.29, 0.717) is 17.2 Å². The van der Waals surface area contributed by atoms with Crippen LogP contribution in [0.1, 0.15) is 0 Å². The average Bonchev–Trinajstić information content (AvgIpc) is 2.79. The van der Waals surface area contributed by atoms with Crippen LogP contribution in [0.3, 0.4) is 0 Å². The summed E-state index contributed by atoms with van der Waals surface area (Å²) in [6.07, 6.45) is -0.883. The Hall–Kier alpha value is -3.79. The van der Waals surface area contributed by atoms with E-state index >= 15 is 0 Å². The number of benzene rings is 3. The van der Waals surface area contributed by atoms with E-state index in [1.807, 2.05) is 0 Å². The van der Waals surface area contributed by atoms with Crippen LogP contribution in [0.25, 0.3) is 0 Å². The fourth-order valence-electron chi connectivity index (χ4n) is 3.05. The summed E-state index contributed by atoms with van der Waals surface area (Å²) >= 11 is 0. The molecule has 1 aliphatic rings. The summed E-state index contributed by atoms with van der Waals surface area (Å²) in [5.74, 6) is 0.236. The molecule has 3 aromatic carbocycles. The van der Waals surface area contributed by atoms with Gasteiger partial charge in [-0.15, -0.1) is 0 Å². The normalized spacial score (nSPS) is 15.0. The lowest BCUT2D eigenvalue weighted by atomic mass is 10.2. The Bertz CT molecular complexity index is 1250. The molecule has 4 rings (SSSR count). The molecule has 3 aromatic rings. The van der Waals surface area contributed by atoms with E-state index in [1.54, 1.807) is 30.3 Å². The number of nitrogens with one attached hydrogen (secondary N) is 2. The molecular formula is C22H19FN2O6S. The fraction of sp³-hybridized carbons (Fsp3) is 0.136. The number of amides is 1. The Morgan fingerprint density at radius 1 is 1.06 bits per heavy atom. The minimum absolute atomic E-state index is 0.0308. The van der Waals surface area contributed by atoms with Crippen LogP contribution in [0.5, 0.6) is 17.2 Å². The summed E-state index contributed by atoms with van der Waals surface area (Å²) in [6.45, 7) is 0.0308. The predicted octanol–water partition coefficient (Wildman–Crippen LogP) is 3.41. The molecule has 0 bridgehead atoms. The van der Waals surface area contributed by atoms with Crippen molar-refractivity contribution in [2.24, 2.45) is 0 Å². The Labute approximate surface area is 184 Å². The predicted molar refractivity (Wildman–Crippen MR) is 115 cm³/mol. The van der Waals surface area contributed by atoms with E-state index in [-0.39, 0.29) is 22.9 Å². The molecule has 0 radical (unpaired) electrons. The van der Waals surface area contributed by atoms with E-state index in [1.165, 1.54) is 19.2 Å². The van der Waals surface area contributed by atoms with Crippen molar-refractivity contribution in [3.8, 4) is 17.2 Å². The first-order chi connectivity index (χ1) is 15.4. The quantitative estimate of drug-likeness (QED) is 0.587. The molecule has 10 heteroatoms. The Morgan fingerprint density at radius 3 is 2.50 bits per heavy atom. The standard InChI is InChI=1S/C22H19FN2O6S/c1-29-18-11-8-15(12-17(18)25-32(27,28)16-9-6-14(23)7-10-16)24-22(26)21-13-30-19-4-2-3-5-20(19)31-21/h2-12,21,25H,13H2,1H3,(H,24,26). The molecule has 32 heavy (non-hydrogen) atoms. The Balaban J connectivity index is 1.52. The van der Waals surface area contributed by atoms with Crippen LogP contribution in [0.2, 0.25) is 0 Å². The summed E-state index contributed by atoms with van der Waals surface area (Å²) in [5, 5.41) is 2.68. The molecule has 0 aromatic heterocycles. The summed E-state index contributed by atoms with van der Waals surface area (Å²) in [6, 6.07) is 15.9. The number of hydrogen-bond donors (Lipinski definition) is 2. The molecule has 1 aliphatic heterocycles. The molecule has 1 amide bonds. The van der Waals surface area contributed by atoms with Crippen molar-refractivity contribution in [1.29, 1.82) is 0 Å². The molecule has 0 saturated carbocycles. The van der Waals surface area contributed by atoms with E-state index in [9.17, 15) is 17.6 Å². The molecule has 0 saturated heterocycles. The number of rotatable bonds is 6. The summed E-state index contributed by atoms with van der Waals surface area (Å²) in [5.41, 5.74) is 0.413. The smallest absolute Gasteiger partial charge is 0.269 e. The topological polar surface area (TPSA) is 103 Å². The van der Waals surface area contributed by atoms with Crippen molar-refractivity contribution < 1.29 is 31.8 Å². The van der Waals surface area contributed by atoms with Gasteiger partial charge in [0.25, 0.3) is 15.9 Å². The summed E-state index contributed by atoms with van der Waals surface area (Å²) in [7, 11) is -2.63. The first-order valence-corrected chi connectivity index (χ1v) is 11.0. The summed E-state index contributed by atoms with van der Waals surface area (Å²) < 4.78 is 57.3. The second kappa shape index (κ2) is 8.75. The number of carbonyl (C=O) groups is 1. The summed E-state index contributed by atoms with van der Waals surface area (Å²) in [4.78, 5) is 12.5. The van der Waals surface area contributed by atoms with Crippen LogP contribution in [-0.2, 0) is 14.8 Å². The second-order valence-corrected chi connectivity index (χ2v) is 8.51. The molecule has 0 fully saturated rings. The third-order valence-electron chi connectivity index (χ3n) is 4.64. The average molecular weight is 458 g/mol. The van der Waals surface area contributed by atoms with Crippen LogP contribution in [0, 0.1) is 5.82 Å². The molecule has 1 heterocycles. The minimum atomic E-state index is -4.02. The minimum Gasteiger partial charge on any atom is -0.495 e. The van der Waals surface area contributed by atoms with Gasteiger partial charge in [-0.1, -0.05) is 12.1 Å². The highest BCUT2D eigenvalue weighted by atomic mass is 32.2. The van der Waals surface area contributed by atoms with Crippen molar-refractivity contribution in [1.82, 2.24) is 0 Å². The van der Waals surface area contributed by atoms with Gasteiger partial charge in [-0.05, 0) is 54.6 Å².